The molecule has 1 N–H and O–H groups in total. The average molecular weight is 478 g/mol. The molecule has 1 amide bonds. The topological polar surface area (TPSA) is 69.7 Å². The third-order valence-corrected chi connectivity index (χ3v) is 8.16. The molecule has 6 nitrogen and oxygen atoms in total. The molecular formula is C27H31N3O3S. The Morgan fingerprint density at radius 1 is 0.853 bits per heavy atom. The zero-order valence-corrected chi connectivity index (χ0v) is 20.7. The van der Waals surface area contributed by atoms with Crippen LogP contribution in [-0.2, 0) is 16.6 Å². The summed E-state index contributed by atoms with van der Waals surface area (Å²) >= 11 is 0. The van der Waals surface area contributed by atoms with Crippen molar-refractivity contribution in [3.63, 3.8) is 0 Å². The predicted molar refractivity (Wildman–Crippen MR) is 136 cm³/mol. The van der Waals surface area contributed by atoms with E-state index in [-0.39, 0.29) is 5.91 Å². The Bertz CT molecular complexity index is 1240. The van der Waals surface area contributed by atoms with Crippen LogP contribution in [0.2, 0.25) is 0 Å². The highest BCUT2D eigenvalue weighted by atomic mass is 32.2. The second-order valence-corrected chi connectivity index (χ2v) is 10.9. The number of amides is 1. The van der Waals surface area contributed by atoms with Crippen LogP contribution >= 0.6 is 0 Å². The van der Waals surface area contributed by atoms with Crippen molar-refractivity contribution in [3.8, 4) is 0 Å². The van der Waals surface area contributed by atoms with Crippen LogP contribution in [0.5, 0.6) is 0 Å². The average Bonchev–Trinajstić information content (AvgIpc) is 2.82. The molecule has 0 aromatic heterocycles. The number of rotatable bonds is 6. The van der Waals surface area contributed by atoms with Crippen molar-refractivity contribution in [1.82, 2.24) is 9.21 Å². The molecule has 1 heterocycles. The summed E-state index contributed by atoms with van der Waals surface area (Å²) in [4.78, 5) is 15.4. The maximum atomic E-state index is 12.8. The van der Waals surface area contributed by atoms with Crippen LogP contribution in [0.3, 0.4) is 0 Å². The molecule has 1 aliphatic heterocycles. The van der Waals surface area contributed by atoms with Crippen LogP contribution in [0, 0.1) is 20.8 Å². The first-order chi connectivity index (χ1) is 16.2. The molecule has 0 aliphatic carbocycles. The van der Waals surface area contributed by atoms with Gasteiger partial charge in [0.15, 0.2) is 0 Å². The molecule has 1 fully saturated rings. The third kappa shape index (κ3) is 5.38. The number of nitrogens with one attached hydrogen (secondary N) is 1. The van der Waals surface area contributed by atoms with E-state index in [1.807, 2.05) is 51.1 Å². The number of hydrogen-bond acceptors (Lipinski definition) is 4. The second-order valence-electron chi connectivity index (χ2n) is 8.92. The fraction of sp³-hybridized carbons (Fsp3) is 0.296. The lowest BCUT2D eigenvalue weighted by molar-refractivity contribution is 0.102. The molecule has 1 saturated heterocycles. The van der Waals surface area contributed by atoms with Crippen molar-refractivity contribution >= 4 is 21.6 Å². The zero-order valence-electron chi connectivity index (χ0n) is 19.9. The molecule has 0 atom stereocenters. The number of piperazine rings is 1. The van der Waals surface area contributed by atoms with Crippen molar-refractivity contribution in [1.29, 1.82) is 0 Å². The summed E-state index contributed by atoms with van der Waals surface area (Å²) in [7, 11) is -3.45. The lowest BCUT2D eigenvalue weighted by atomic mass is 10.0. The van der Waals surface area contributed by atoms with Crippen LogP contribution in [0.4, 0.5) is 5.69 Å². The van der Waals surface area contributed by atoms with Crippen LogP contribution in [0.1, 0.15) is 32.6 Å². The van der Waals surface area contributed by atoms with E-state index in [1.54, 1.807) is 28.6 Å². The molecule has 34 heavy (non-hydrogen) atoms. The quantitative estimate of drug-likeness (QED) is 0.572. The number of hydrogen-bond donors (Lipinski definition) is 1. The highest BCUT2D eigenvalue weighted by Gasteiger charge is 2.28. The number of aryl methyl sites for hydroxylation is 3. The van der Waals surface area contributed by atoms with Crippen molar-refractivity contribution in [2.45, 2.75) is 32.2 Å². The molecule has 178 valence electrons. The van der Waals surface area contributed by atoms with E-state index in [0.29, 0.717) is 36.6 Å². The van der Waals surface area contributed by atoms with Crippen molar-refractivity contribution in [2.24, 2.45) is 0 Å². The molecule has 0 bridgehead atoms. The molecule has 1 aliphatic rings. The van der Waals surface area contributed by atoms with Gasteiger partial charge in [-0.3, -0.25) is 9.69 Å². The Hall–Kier alpha value is -3.00. The van der Waals surface area contributed by atoms with Crippen LogP contribution < -0.4 is 5.32 Å². The first-order valence-corrected chi connectivity index (χ1v) is 12.9. The SMILES string of the molecule is Cc1cc(C)c(NC(=O)c2ccc(CN3CCN(S(=O)(=O)c4ccccc4)CC3)cc2)c(C)c1. The number of nitrogens with zero attached hydrogens (tertiary/aromatic N) is 2. The fourth-order valence-electron chi connectivity index (χ4n) is 4.45. The van der Waals surface area contributed by atoms with Crippen LogP contribution in [-0.4, -0.2) is 49.7 Å². The Morgan fingerprint density at radius 2 is 1.44 bits per heavy atom. The minimum atomic E-state index is -3.45. The molecule has 0 unspecified atom stereocenters. The van der Waals surface area contributed by atoms with Gasteiger partial charge in [-0.2, -0.15) is 4.31 Å². The molecule has 7 heteroatoms. The van der Waals surface area contributed by atoms with E-state index in [2.05, 4.69) is 22.3 Å². The number of benzene rings is 3. The van der Waals surface area contributed by atoms with Gasteiger partial charge < -0.3 is 5.32 Å². The molecular weight excluding hydrogens is 446 g/mol. The summed E-state index contributed by atoms with van der Waals surface area (Å²) in [5, 5.41) is 3.04. The molecule has 0 spiro atoms. The van der Waals surface area contributed by atoms with Gasteiger partial charge in [-0.05, 0) is 61.7 Å². The van der Waals surface area contributed by atoms with E-state index in [1.165, 1.54) is 5.56 Å². The van der Waals surface area contributed by atoms with Gasteiger partial charge in [-0.25, -0.2) is 8.42 Å². The summed E-state index contributed by atoms with van der Waals surface area (Å²) < 4.78 is 27.2. The summed E-state index contributed by atoms with van der Waals surface area (Å²) in [5.74, 6) is -0.124. The fourth-order valence-corrected chi connectivity index (χ4v) is 5.90. The zero-order chi connectivity index (χ0) is 24.3. The molecule has 0 radical (unpaired) electrons. The Labute approximate surface area is 202 Å². The maximum Gasteiger partial charge on any atom is 0.255 e. The van der Waals surface area contributed by atoms with Gasteiger partial charge in [-0.15, -0.1) is 0 Å². The maximum absolute atomic E-state index is 12.8. The van der Waals surface area contributed by atoms with Gasteiger partial charge in [0.25, 0.3) is 5.91 Å². The standard InChI is InChI=1S/C27H31N3O3S/c1-20-17-21(2)26(22(3)18-20)28-27(31)24-11-9-23(10-12-24)19-29-13-15-30(16-14-29)34(32,33)25-7-5-4-6-8-25/h4-12,17-18H,13-16,19H2,1-3H3,(H,28,31). The highest BCUT2D eigenvalue weighted by Crippen LogP contribution is 2.23. The summed E-state index contributed by atoms with van der Waals surface area (Å²) in [6.07, 6.45) is 0. The third-order valence-electron chi connectivity index (χ3n) is 6.25. The van der Waals surface area contributed by atoms with Crippen LogP contribution in [0.25, 0.3) is 0 Å². The highest BCUT2D eigenvalue weighted by molar-refractivity contribution is 7.89. The molecule has 3 aromatic carbocycles. The minimum absolute atomic E-state index is 0.124. The van der Waals surface area contributed by atoms with Gasteiger partial charge in [0.1, 0.15) is 0 Å². The molecule has 3 aromatic rings. The molecule has 0 saturated carbocycles. The lowest BCUT2D eigenvalue weighted by Gasteiger charge is -2.34. The van der Waals surface area contributed by atoms with E-state index in [9.17, 15) is 13.2 Å². The summed E-state index contributed by atoms with van der Waals surface area (Å²) in [5.41, 5.74) is 5.85. The van der Waals surface area contributed by atoms with E-state index >= 15 is 0 Å². The van der Waals surface area contributed by atoms with E-state index < -0.39 is 10.0 Å². The van der Waals surface area contributed by atoms with Crippen LogP contribution in [0.15, 0.2) is 71.6 Å². The Balaban J connectivity index is 1.34. The van der Waals surface area contributed by atoms with Gasteiger partial charge in [0, 0.05) is 44.0 Å². The largest absolute Gasteiger partial charge is 0.322 e. The first-order valence-electron chi connectivity index (χ1n) is 11.5. The monoisotopic (exact) mass is 477 g/mol. The lowest BCUT2D eigenvalue weighted by Crippen LogP contribution is -2.48. The second kappa shape index (κ2) is 10.1. The van der Waals surface area contributed by atoms with Crippen molar-refractivity contribution in [2.75, 3.05) is 31.5 Å². The molecule has 4 rings (SSSR count). The Morgan fingerprint density at radius 3 is 2.03 bits per heavy atom. The predicted octanol–water partition coefficient (Wildman–Crippen LogP) is 4.37. The Kier molecular flexibility index (Phi) is 7.16. The number of anilines is 1. The van der Waals surface area contributed by atoms with E-state index in [0.717, 1.165) is 28.9 Å². The number of carbonyl (C=O) groups is 1. The number of carbonyl (C=O) groups excluding carboxylic acids is 1. The summed E-state index contributed by atoms with van der Waals surface area (Å²) in [6, 6.07) is 20.4. The van der Waals surface area contributed by atoms with Crippen molar-refractivity contribution in [3.05, 3.63) is 94.5 Å². The van der Waals surface area contributed by atoms with Crippen molar-refractivity contribution < 1.29 is 13.2 Å². The van der Waals surface area contributed by atoms with Gasteiger partial charge in [0.2, 0.25) is 10.0 Å². The van der Waals surface area contributed by atoms with Gasteiger partial charge >= 0.3 is 0 Å². The van der Waals surface area contributed by atoms with E-state index in [4.69, 9.17) is 0 Å². The first kappa shape index (κ1) is 24.1. The summed E-state index contributed by atoms with van der Waals surface area (Å²) in [6.45, 7) is 9.04. The smallest absolute Gasteiger partial charge is 0.255 e. The minimum Gasteiger partial charge on any atom is -0.322 e. The normalized spacial score (nSPS) is 15.3. The van der Waals surface area contributed by atoms with Gasteiger partial charge in [0.05, 0.1) is 4.90 Å². The number of sulfonamides is 1. The van der Waals surface area contributed by atoms with Gasteiger partial charge in [-0.1, -0.05) is 48.0 Å².